The van der Waals surface area contributed by atoms with Crippen LogP contribution in [0.3, 0.4) is 0 Å². The minimum Gasteiger partial charge on any atom is -0.348 e. The lowest BCUT2D eigenvalue weighted by Gasteiger charge is -2.31. The van der Waals surface area contributed by atoms with Crippen molar-refractivity contribution in [3.05, 3.63) is 81.0 Å². The number of fused-ring (bicyclic) bond motifs is 1. The summed E-state index contributed by atoms with van der Waals surface area (Å²) in [5.41, 5.74) is 10.6. The Balaban J connectivity index is 1.70. The summed E-state index contributed by atoms with van der Waals surface area (Å²) >= 11 is 0. The van der Waals surface area contributed by atoms with Gasteiger partial charge < -0.3 is 5.32 Å². The molecule has 0 saturated carbocycles. The van der Waals surface area contributed by atoms with Crippen LogP contribution >= 0.6 is 0 Å². The molecule has 0 bridgehead atoms. The molecule has 2 heteroatoms. The van der Waals surface area contributed by atoms with E-state index in [4.69, 9.17) is 0 Å². The smallest absolute Gasteiger partial charge is 0.247 e. The van der Waals surface area contributed by atoms with Gasteiger partial charge in [0.1, 0.15) is 0 Å². The first-order chi connectivity index (χ1) is 14.7. The third kappa shape index (κ3) is 5.87. The highest BCUT2D eigenvalue weighted by Gasteiger charge is 2.25. The van der Waals surface area contributed by atoms with E-state index in [9.17, 15) is 4.79 Å². The van der Waals surface area contributed by atoms with Crippen molar-refractivity contribution in [3.8, 4) is 0 Å². The Hall–Kier alpha value is -2.35. The van der Waals surface area contributed by atoms with Gasteiger partial charge in [-0.2, -0.15) is 0 Å². The van der Waals surface area contributed by atoms with Crippen LogP contribution < -0.4 is 5.32 Å². The molecule has 0 saturated heterocycles. The van der Waals surface area contributed by atoms with E-state index in [1.165, 1.54) is 45.4 Å². The molecule has 0 atom stereocenters. The molecule has 2 aliphatic carbocycles. The van der Waals surface area contributed by atoms with Crippen molar-refractivity contribution < 1.29 is 4.79 Å². The van der Waals surface area contributed by atoms with Gasteiger partial charge in [0.05, 0.1) is 0 Å². The molecule has 0 aromatic heterocycles. The molecule has 3 rings (SSSR count). The number of aryl methyl sites for hydroxylation is 1. The molecule has 0 radical (unpaired) electrons. The fourth-order valence-electron chi connectivity index (χ4n) is 4.61. The number of benzene rings is 1. The van der Waals surface area contributed by atoms with Crippen LogP contribution in [0, 0.1) is 5.41 Å². The summed E-state index contributed by atoms with van der Waals surface area (Å²) in [6.45, 7) is 13.8. The molecule has 1 aromatic rings. The lowest BCUT2D eigenvalue weighted by molar-refractivity contribution is -0.117. The number of allylic oxidation sites excluding steroid dienone is 7. The lowest BCUT2D eigenvalue weighted by Crippen LogP contribution is -2.25. The molecule has 0 fully saturated rings. The molecular weight excluding hydrogens is 378 g/mol. The van der Waals surface area contributed by atoms with Crippen molar-refractivity contribution in [2.24, 2.45) is 5.41 Å². The highest BCUT2D eigenvalue weighted by atomic mass is 16.1. The first-order valence-corrected chi connectivity index (χ1v) is 11.8. The fraction of sp³-hybridized carbons (Fsp3) is 0.483. The van der Waals surface area contributed by atoms with E-state index in [2.05, 4.69) is 76.4 Å². The largest absolute Gasteiger partial charge is 0.348 e. The number of carbonyl (C=O) groups excluding carboxylic acids is 1. The summed E-state index contributed by atoms with van der Waals surface area (Å²) in [5, 5.41) is 3.13. The van der Waals surface area contributed by atoms with E-state index in [1.54, 1.807) is 0 Å². The molecule has 0 spiro atoms. The number of hydrogen-bond donors (Lipinski definition) is 1. The van der Waals surface area contributed by atoms with Crippen LogP contribution in [0.5, 0.6) is 0 Å². The molecule has 1 aromatic carbocycles. The second-order valence-corrected chi connectivity index (χ2v) is 10.1. The molecule has 0 heterocycles. The van der Waals surface area contributed by atoms with Crippen molar-refractivity contribution in [3.63, 3.8) is 0 Å². The van der Waals surface area contributed by atoms with Crippen LogP contribution in [0.2, 0.25) is 0 Å². The van der Waals surface area contributed by atoms with Gasteiger partial charge in [-0.1, -0.05) is 62.8 Å². The number of nitrogens with one attached hydrogen (secondary N) is 1. The average Bonchev–Trinajstić information content (AvgIpc) is 2.76. The predicted molar refractivity (Wildman–Crippen MR) is 132 cm³/mol. The first kappa shape index (κ1) is 23.3. The summed E-state index contributed by atoms with van der Waals surface area (Å²) in [7, 11) is 0. The minimum absolute atomic E-state index is 0.0223. The predicted octanol–water partition coefficient (Wildman–Crippen LogP) is 7.16. The molecule has 166 valence electrons. The summed E-state index contributed by atoms with van der Waals surface area (Å²) in [6.07, 6.45) is 13.2. The Kier molecular flexibility index (Phi) is 7.41. The SMILES string of the molecule is CCC(C)=C(C)C1=C(C=C(C)C(=O)NCc2ccc3c(c2)CCC(C)(C)C3)CCC=C1. The molecular formula is C29H39NO. The van der Waals surface area contributed by atoms with Crippen LogP contribution in [0.15, 0.2) is 64.3 Å². The molecule has 0 aliphatic heterocycles. The first-order valence-electron chi connectivity index (χ1n) is 11.8. The Morgan fingerprint density at radius 3 is 2.65 bits per heavy atom. The minimum atomic E-state index is 0.0223. The molecule has 1 amide bonds. The molecule has 0 unspecified atom stereocenters. The Morgan fingerprint density at radius 1 is 1.13 bits per heavy atom. The molecule has 2 aliphatic rings. The lowest BCUT2D eigenvalue weighted by atomic mass is 9.74. The van der Waals surface area contributed by atoms with Crippen LogP contribution in [0.4, 0.5) is 0 Å². The normalized spacial score (nSPS) is 19.1. The number of amides is 1. The topological polar surface area (TPSA) is 29.1 Å². The summed E-state index contributed by atoms with van der Waals surface area (Å²) in [5.74, 6) is 0.0223. The molecule has 31 heavy (non-hydrogen) atoms. The third-order valence-electron chi connectivity index (χ3n) is 7.00. The van der Waals surface area contributed by atoms with Gasteiger partial charge in [-0.25, -0.2) is 0 Å². The van der Waals surface area contributed by atoms with Crippen molar-refractivity contribution >= 4 is 5.91 Å². The number of hydrogen-bond acceptors (Lipinski definition) is 1. The van der Waals surface area contributed by atoms with Gasteiger partial charge in [0.25, 0.3) is 0 Å². The maximum atomic E-state index is 12.8. The van der Waals surface area contributed by atoms with Gasteiger partial charge in [-0.15, -0.1) is 0 Å². The summed E-state index contributed by atoms with van der Waals surface area (Å²) in [6, 6.07) is 6.73. The maximum Gasteiger partial charge on any atom is 0.247 e. The standard InChI is InChI=1S/C29H39NO/c1-7-20(2)22(4)27-11-9-8-10-25(27)16-21(3)28(31)30-19-23-12-13-26-18-29(5,6)15-14-24(26)17-23/h9,11-13,16-17H,7-8,10,14-15,18-19H2,1-6H3,(H,30,31). The zero-order valence-corrected chi connectivity index (χ0v) is 20.3. The van der Waals surface area contributed by atoms with E-state index in [0.29, 0.717) is 12.0 Å². The highest BCUT2D eigenvalue weighted by molar-refractivity contribution is 5.93. The Labute approximate surface area is 189 Å². The number of carbonyl (C=O) groups is 1. The van der Waals surface area contributed by atoms with Gasteiger partial charge in [0, 0.05) is 12.1 Å². The van der Waals surface area contributed by atoms with E-state index in [0.717, 1.165) is 37.7 Å². The quantitative estimate of drug-likeness (QED) is 0.489. The maximum absolute atomic E-state index is 12.8. The van der Waals surface area contributed by atoms with E-state index in [-0.39, 0.29) is 5.91 Å². The van der Waals surface area contributed by atoms with Crippen molar-refractivity contribution in [2.75, 3.05) is 0 Å². The van der Waals surface area contributed by atoms with Gasteiger partial charge in [-0.3, -0.25) is 4.79 Å². The second kappa shape index (κ2) is 9.85. The summed E-state index contributed by atoms with van der Waals surface area (Å²) < 4.78 is 0. The Morgan fingerprint density at radius 2 is 1.90 bits per heavy atom. The molecule has 1 N–H and O–H groups in total. The van der Waals surface area contributed by atoms with Gasteiger partial charge in [-0.05, 0) is 98.1 Å². The van der Waals surface area contributed by atoms with Crippen molar-refractivity contribution in [1.29, 1.82) is 0 Å². The van der Waals surface area contributed by atoms with Gasteiger partial charge in [0.15, 0.2) is 0 Å². The third-order valence-corrected chi connectivity index (χ3v) is 7.00. The summed E-state index contributed by atoms with van der Waals surface area (Å²) in [4.78, 5) is 12.8. The zero-order chi connectivity index (χ0) is 22.6. The van der Waals surface area contributed by atoms with E-state index < -0.39 is 0 Å². The van der Waals surface area contributed by atoms with Crippen LogP contribution in [-0.4, -0.2) is 5.91 Å². The number of rotatable bonds is 6. The van der Waals surface area contributed by atoms with Gasteiger partial charge in [0.2, 0.25) is 5.91 Å². The van der Waals surface area contributed by atoms with Crippen LogP contribution in [-0.2, 0) is 24.2 Å². The van der Waals surface area contributed by atoms with Gasteiger partial charge >= 0.3 is 0 Å². The van der Waals surface area contributed by atoms with Crippen molar-refractivity contribution in [2.45, 2.75) is 86.6 Å². The second-order valence-electron chi connectivity index (χ2n) is 10.1. The monoisotopic (exact) mass is 417 g/mol. The van der Waals surface area contributed by atoms with E-state index >= 15 is 0 Å². The van der Waals surface area contributed by atoms with Crippen LogP contribution in [0.1, 0.15) is 83.9 Å². The van der Waals surface area contributed by atoms with Crippen LogP contribution in [0.25, 0.3) is 0 Å². The highest BCUT2D eigenvalue weighted by Crippen LogP contribution is 2.35. The Bertz CT molecular complexity index is 968. The van der Waals surface area contributed by atoms with Crippen molar-refractivity contribution in [1.82, 2.24) is 5.32 Å². The zero-order valence-electron chi connectivity index (χ0n) is 20.3. The molecule has 2 nitrogen and oxygen atoms in total. The fourth-order valence-corrected chi connectivity index (χ4v) is 4.61. The average molecular weight is 418 g/mol. The van der Waals surface area contributed by atoms with E-state index in [1.807, 2.05) is 6.92 Å².